The number of carboxylic acids is 2. The molecule has 3 unspecified atom stereocenters. The van der Waals surface area contributed by atoms with Gasteiger partial charge in [0.1, 0.15) is 6.61 Å². The van der Waals surface area contributed by atoms with E-state index in [9.17, 15) is 14.4 Å². The van der Waals surface area contributed by atoms with Crippen molar-refractivity contribution in [2.24, 2.45) is 11.8 Å². The third kappa shape index (κ3) is 4.33. The lowest BCUT2D eigenvalue weighted by molar-refractivity contribution is -0.146. The van der Waals surface area contributed by atoms with Crippen LogP contribution in [0.25, 0.3) is 0 Å². The van der Waals surface area contributed by atoms with E-state index in [0.717, 1.165) is 0 Å². The maximum Gasteiger partial charge on any atom is 0.303 e. The van der Waals surface area contributed by atoms with Crippen LogP contribution in [0.1, 0.15) is 19.8 Å². The molecule has 0 aliphatic carbocycles. The van der Waals surface area contributed by atoms with Crippen molar-refractivity contribution in [1.29, 1.82) is 0 Å². The lowest BCUT2D eigenvalue weighted by Gasteiger charge is -2.19. The van der Waals surface area contributed by atoms with Crippen LogP contribution in [-0.4, -0.2) is 47.4 Å². The smallest absolute Gasteiger partial charge is 0.303 e. The van der Waals surface area contributed by atoms with Gasteiger partial charge in [0.15, 0.2) is 0 Å². The van der Waals surface area contributed by atoms with Crippen LogP contribution in [0.2, 0.25) is 0 Å². The molecular formula is C11H16O7. The molecule has 1 rings (SSSR count). The summed E-state index contributed by atoms with van der Waals surface area (Å²) in [6.07, 6.45) is -0.882. The lowest BCUT2D eigenvalue weighted by atomic mass is 9.86. The fourth-order valence-corrected chi connectivity index (χ4v) is 2.10. The standard InChI is InChI=1S/C11H16O7/c1-6(12)17-5-9-8(3-11(15)16)7(4-18-9)2-10(13)14/h7-9H,2-5H2,1H3,(H,13,14)(H,15,16). The van der Waals surface area contributed by atoms with Gasteiger partial charge in [-0.05, 0) is 5.92 Å². The Hall–Kier alpha value is -1.63. The molecule has 0 amide bonds. The van der Waals surface area contributed by atoms with Crippen LogP contribution in [0.15, 0.2) is 0 Å². The summed E-state index contributed by atoms with van der Waals surface area (Å²) < 4.78 is 10.1. The fourth-order valence-electron chi connectivity index (χ4n) is 2.10. The molecule has 1 aliphatic rings. The van der Waals surface area contributed by atoms with Gasteiger partial charge in [-0.15, -0.1) is 0 Å². The Labute approximate surface area is 104 Å². The van der Waals surface area contributed by atoms with E-state index < -0.39 is 29.9 Å². The van der Waals surface area contributed by atoms with Gasteiger partial charge in [0, 0.05) is 12.8 Å². The van der Waals surface area contributed by atoms with Crippen LogP contribution in [-0.2, 0) is 23.9 Å². The molecule has 0 spiro atoms. The number of hydrogen-bond donors (Lipinski definition) is 2. The van der Waals surface area contributed by atoms with Crippen molar-refractivity contribution in [2.45, 2.75) is 25.9 Å². The monoisotopic (exact) mass is 260 g/mol. The van der Waals surface area contributed by atoms with Gasteiger partial charge in [0.25, 0.3) is 0 Å². The van der Waals surface area contributed by atoms with E-state index in [4.69, 9.17) is 19.7 Å². The first kappa shape index (κ1) is 14.4. The van der Waals surface area contributed by atoms with Crippen LogP contribution >= 0.6 is 0 Å². The summed E-state index contributed by atoms with van der Waals surface area (Å²) in [5, 5.41) is 17.6. The Morgan fingerprint density at radius 3 is 2.33 bits per heavy atom. The normalized spacial score (nSPS) is 26.8. The van der Waals surface area contributed by atoms with E-state index in [-0.39, 0.29) is 32.0 Å². The molecule has 1 saturated heterocycles. The third-order valence-corrected chi connectivity index (χ3v) is 2.91. The number of esters is 1. The van der Waals surface area contributed by atoms with E-state index in [1.165, 1.54) is 6.92 Å². The number of aliphatic carboxylic acids is 2. The lowest BCUT2D eigenvalue weighted by Crippen LogP contribution is -2.29. The molecule has 0 bridgehead atoms. The Morgan fingerprint density at radius 2 is 1.83 bits per heavy atom. The molecule has 0 saturated carbocycles. The predicted octanol–water partition coefficient (Wildman–Crippen LogP) is 0.130. The number of carbonyl (C=O) groups is 3. The molecule has 102 valence electrons. The highest BCUT2D eigenvalue weighted by molar-refractivity contribution is 5.69. The van der Waals surface area contributed by atoms with Gasteiger partial charge in [0.2, 0.25) is 0 Å². The van der Waals surface area contributed by atoms with Gasteiger partial charge in [-0.3, -0.25) is 14.4 Å². The maximum absolute atomic E-state index is 10.8. The zero-order valence-electron chi connectivity index (χ0n) is 10.00. The number of ether oxygens (including phenoxy) is 2. The van der Waals surface area contributed by atoms with Crippen LogP contribution < -0.4 is 0 Å². The molecular weight excluding hydrogens is 244 g/mol. The van der Waals surface area contributed by atoms with E-state index >= 15 is 0 Å². The van der Waals surface area contributed by atoms with Gasteiger partial charge in [-0.1, -0.05) is 0 Å². The molecule has 1 heterocycles. The highest BCUT2D eigenvalue weighted by Gasteiger charge is 2.40. The van der Waals surface area contributed by atoms with Gasteiger partial charge in [-0.25, -0.2) is 0 Å². The van der Waals surface area contributed by atoms with E-state index in [1.54, 1.807) is 0 Å². The molecule has 7 heteroatoms. The van der Waals surface area contributed by atoms with Crippen molar-refractivity contribution in [3.8, 4) is 0 Å². The SMILES string of the molecule is CC(=O)OCC1OCC(CC(=O)O)C1CC(=O)O. The molecule has 7 nitrogen and oxygen atoms in total. The molecule has 0 radical (unpaired) electrons. The minimum atomic E-state index is -1.02. The van der Waals surface area contributed by atoms with Crippen LogP contribution in [0.4, 0.5) is 0 Å². The highest BCUT2D eigenvalue weighted by Crippen LogP contribution is 2.32. The Morgan fingerprint density at radius 1 is 1.22 bits per heavy atom. The largest absolute Gasteiger partial charge is 0.481 e. The first-order valence-corrected chi connectivity index (χ1v) is 5.58. The van der Waals surface area contributed by atoms with E-state index in [2.05, 4.69) is 0 Å². The van der Waals surface area contributed by atoms with Crippen molar-refractivity contribution >= 4 is 17.9 Å². The Bertz CT molecular complexity index is 338. The van der Waals surface area contributed by atoms with Gasteiger partial charge >= 0.3 is 17.9 Å². The highest BCUT2D eigenvalue weighted by atomic mass is 16.6. The summed E-state index contributed by atoms with van der Waals surface area (Å²) >= 11 is 0. The van der Waals surface area contributed by atoms with Crippen molar-refractivity contribution in [1.82, 2.24) is 0 Å². The molecule has 0 aromatic carbocycles. The summed E-state index contributed by atoms with van der Waals surface area (Å²) in [7, 11) is 0. The number of hydrogen-bond acceptors (Lipinski definition) is 5. The quantitative estimate of drug-likeness (QED) is 0.653. The predicted molar refractivity (Wildman–Crippen MR) is 57.9 cm³/mol. The first-order valence-electron chi connectivity index (χ1n) is 5.58. The van der Waals surface area contributed by atoms with Crippen LogP contribution in [0.3, 0.4) is 0 Å². The zero-order chi connectivity index (χ0) is 13.7. The van der Waals surface area contributed by atoms with Gasteiger partial charge in [0.05, 0.1) is 25.6 Å². The second-order valence-corrected chi connectivity index (χ2v) is 4.29. The molecule has 3 atom stereocenters. The van der Waals surface area contributed by atoms with Crippen LogP contribution in [0.5, 0.6) is 0 Å². The second-order valence-electron chi connectivity index (χ2n) is 4.29. The molecule has 1 aliphatic heterocycles. The molecule has 18 heavy (non-hydrogen) atoms. The second kappa shape index (κ2) is 6.34. The van der Waals surface area contributed by atoms with Crippen molar-refractivity contribution in [3.05, 3.63) is 0 Å². The van der Waals surface area contributed by atoms with Gasteiger partial charge in [-0.2, -0.15) is 0 Å². The number of carbonyl (C=O) groups excluding carboxylic acids is 1. The van der Waals surface area contributed by atoms with Crippen molar-refractivity contribution in [2.75, 3.05) is 13.2 Å². The fraction of sp³-hybridized carbons (Fsp3) is 0.727. The summed E-state index contributed by atoms with van der Waals surface area (Å²) in [5.41, 5.74) is 0. The maximum atomic E-state index is 10.8. The average Bonchev–Trinajstić information content (AvgIpc) is 2.57. The van der Waals surface area contributed by atoms with E-state index in [0.29, 0.717) is 0 Å². The van der Waals surface area contributed by atoms with Crippen molar-refractivity contribution < 1.29 is 34.1 Å². The molecule has 0 aromatic heterocycles. The van der Waals surface area contributed by atoms with Crippen molar-refractivity contribution in [3.63, 3.8) is 0 Å². The average molecular weight is 260 g/mol. The summed E-state index contributed by atoms with van der Waals surface area (Å²) in [4.78, 5) is 32.1. The zero-order valence-corrected chi connectivity index (χ0v) is 10.00. The van der Waals surface area contributed by atoms with Crippen LogP contribution in [0, 0.1) is 11.8 Å². The number of rotatable bonds is 6. The third-order valence-electron chi connectivity index (χ3n) is 2.91. The Balaban J connectivity index is 2.63. The molecule has 0 aromatic rings. The Kier molecular flexibility index (Phi) is 5.08. The topological polar surface area (TPSA) is 110 Å². The van der Waals surface area contributed by atoms with E-state index in [1.807, 2.05) is 0 Å². The molecule has 2 N–H and O–H groups in total. The minimum absolute atomic E-state index is 0.0383. The number of carboxylic acid groups (broad SMARTS) is 2. The first-order chi connectivity index (χ1) is 8.40. The molecule has 1 fully saturated rings. The minimum Gasteiger partial charge on any atom is -0.481 e. The summed E-state index contributed by atoms with van der Waals surface area (Å²) in [6, 6.07) is 0. The summed E-state index contributed by atoms with van der Waals surface area (Å²) in [5.74, 6) is -3.30. The van der Waals surface area contributed by atoms with Gasteiger partial charge < -0.3 is 19.7 Å². The summed E-state index contributed by atoms with van der Waals surface area (Å²) in [6.45, 7) is 1.38.